The summed E-state index contributed by atoms with van der Waals surface area (Å²) in [7, 11) is 0. The van der Waals surface area contributed by atoms with Crippen LogP contribution in [0.15, 0.2) is 0 Å². The molecule has 0 bridgehead atoms. The van der Waals surface area contributed by atoms with Crippen molar-refractivity contribution < 1.29 is 19.1 Å². The van der Waals surface area contributed by atoms with Crippen molar-refractivity contribution in [2.24, 2.45) is 11.5 Å². The van der Waals surface area contributed by atoms with Crippen molar-refractivity contribution in [3.8, 4) is 0 Å². The molecule has 0 spiro atoms. The summed E-state index contributed by atoms with van der Waals surface area (Å²) in [5.74, 6) is -0.706. The number of unbranched alkanes of at least 4 members (excludes halogenated alkanes) is 18. The van der Waals surface area contributed by atoms with Crippen molar-refractivity contribution in [1.82, 2.24) is 10.6 Å². The van der Waals surface area contributed by atoms with E-state index in [4.69, 9.17) is 20.9 Å². The smallest absolute Gasteiger partial charge is 0.252 e. The first kappa shape index (κ1) is 38.8. The molecule has 0 fully saturated rings. The second kappa shape index (κ2) is 30.7. The van der Waals surface area contributed by atoms with E-state index in [-0.39, 0.29) is 11.8 Å². The largest absolute Gasteiger partial charge is 0.365 e. The molecule has 0 aliphatic heterocycles. The van der Waals surface area contributed by atoms with E-state index < -0.39 is 12.2 Å². The van der Waals surface area contributed by atoms with Gasteiger partial charge in [-0.1, -0.05) is 129 Å². The van der Waals surface area contributed by atoms with Crippen LogP contribution in [0.3, 0.4) is 0 Å². The van der Waals surface area contributed by atoms with E-state index in [9.17, 15) is 9.59 Å². The number of carbonyl (C=O) groups excluding carboxylic acids is 2. The van der Waals surface area contributed by atoms with Crippen LogP contribution in [-0.2, 0) is 19.1 Å². The van der Waals surface area contributed by atoms with E-state index in [1.165, 1.54) is 89.9 Å². The Labute approximate surface area is 246 Å². The molecule has 6 N–H and O–H groups in total. The molecule has 40 heavy (non-hydrogen) atoms. The number of nitrogens with one attached hydrogen (secondary N) is 2. The van der Waals surface area contributed by atoms with Crippen LogP contribution in [-0.4, -0.2) is 63.4 Å². The number of hydrogen-bond acceptors (Lipinski definition) is 6. The zero-order valence-electron chi connectivity index (χ0n) is 26.3. The summed E-state index contributed by atoms with van der Waals surface area (Å²) in [5, 5.41) is 5.57. The molecule has 0 aliphatic carbocycles. The first-order valence-electron chi connectivity index (χ1n) is 16.8. The minimum atomic E-state index is -1.01. The molecule has 238 valence electrons. The zero-order chi connectivity index (χ0) is 29.5. The molecule has 2 unspecified atom stereocenters. The summed E-state index contributed by atoms with van der Waals surface area (Å²) in [6.45, 7) is 6.61. The van der Waals surface area contributed by atoms with Crippen molar-refractivity contribution >= 4 is 11.8 Å². The average molecular weight is 571 g/mol. The van der Waals surface area contributed by atoms with Crippen LogP contribution < -0.4 is 22.1 Å². The molecule has 8 heteroatoms. The van der Waals surface area contributed by atoms with Gasteiger partial charge in [0.2, 0.25) is 0 Å². The second-order valence-corrected chi connectivity index (χ2v) is 11.1. The van der Waals surface area contributed by atoms with E-state index in [0.717, 1.165) is 38.5 Å². The minimum absolute atomic E-state index is 0.320. The molecule has 2 amide bonds. The molecular weight excluding hydrogens is 504 g/mol. The number of ether oxygens (including phenoxy) is 2. The van der Waals surface area contributed by atoms with Crippen LogP contribution in [0, 0.1) is 0 Å². The monoisotopic (exact) mass is 571 g/mol. The molecule has 0 aliphatic rings. The van der Waals surface area contributed by atoms with E-state index >= 15 is 0 Å². The molecule has 0 rings (SSSR count). The Hall–Kier alpha value is -1.22. The Bertz CT molecular complexity index is 517. The summed E-state index contributed by atoms with van der Waals surface area (Å²) in [4.78, 5) is 25.9. The molecule has 2 atom stereocenters. The van der Waals surface area contributed by atoms with Gasteiger partial charge >= 0.3 is 0 Å². The van der Waals surface area contributed by atoms with Crippen LogP contribution in [0.2, 0.25) is 0 Å². The normalized spacial score (nSPS) is 12.8. The molecule has 0 aromatic heterocycles. The molecule has 0 aromatic carbocycles. The van der Waals surface area contributed by atoms with Gasteiger partial charge in [0.1, 0.15) is 0 Å². The highest BCUT2D eigenvalue weighted by atomic mass is 16.5. The lowest BCUT2D eigenvalue weighted by atomic mass is 10.1. The molecule has 0 heterocycles. The topological polar surface area (TPSA) is 129 Å². The molecule has 0 aromatic rings. The van der Waals surface area contributed by atoms with Crippen molar-refractivity contribution in [1.29, 1.82) is 0 Å². The Kier molecular flexibility index (Phi) is 29.8. The van der Waals surface area contributed by atoms with Gasteiger partial charge in [-0.25, -0.2) is 0 Å². The van der Waals surface area contributed by atoms with Crippen molar-refractivity contribution in [3.63, 3.8) is 0 Å². The zero-order valence-corrected chi connectivity index (χ0v) is 26.3. The Morgan fingerprint density at radius 1 is 0.500 bits per heavy atom. The van der Waals surface area contributed by atoms with E-state index in [1.807, 2.05) is 0 Å². The van der Waals surface area contributed by atoms with Crippen molar-refractivity contribution in [3.05, 3.63) is 0 Å². The van der Waals surface area contributed by atoms with Gasteiger partial charge in [-0.3, -0.25) is 9.59 Å². The highest BCUT2D eigenvalue weighted by Gasteiger charge is 2.35. The highest BCUT2D eigenvalue weighted by Crippen LogP contribution is 2.14. The van der Waals surface area contributed by atoms with E-state index in [0.29, 0.717) is 39.4 Å². The van der Waals surface area contributed by atoms with Gasteiger partial charge in [-0.05, 0) is 12.8 Å². The summed E-state index contributed by atoms with van der Waals surface area (Å²) >= 11 is 0. The standard InChI is InChI=1S/C32H66N4O4/c1-3-5-7-9-11-13-15-17-19-21-27-39-29(31(37)35-25-23-33)30(32(38)36-26-24-34)40-28-22-20-18-16-14-12-10-8-6-4-2/h29-30H,3-28,33-34H2,1-2H3,(H,35,37)(H,36,38). The molecular formula is C32H66N4O4. The number of hydrogen-bond donors (Lipinski definition) is 4. The maximum Gasteiger partial charge on any atom is 0.252 e. The third-order valence-corrected chi connectivity index (χ3v) is 7.27. The summed E-state index contributed by atoms with van der Waals surface area (Å²) in [6, 6.07) is 0. The van der Waals surface area contributed by atoms with Gasteiger partial charge in [0.25, 0.3) is 11.8 Å². The second-order valence-electron chi connectivity index (χ2n) is 11.1. The third kappa shape index (κ3) is 23.5. The van der Waals surface area contributed by atoms with Crippen molar-refractivity contribution in [2.75, 3.05) is 39.4 Å². The number of nitrogens with two attached hydrogens (primary N) is 2. The maximum absolute atomic E-state index is 13.0. The fourth-order valence-corrected chi connectivity index (χ4v) is 4.79. The van der Waals surface area contributed by atoms with Crippen LogP contribution in [0.4, 0.5) is 0 Å². The van der Waals surface area contributed by atoms with Crippen molar-refractivity contribution in [2.45, 2.75) is 154 Å². The van der Waals surface area contributed by atoms with E-state index in [1.54, 1.807) is 0 Å². The molecule has 0 saturated carbocycles. The number of amides is 2. The van der Waals surface area contributed by atoms with Crippen LogP contribution in [0.5, 0.6) is 0 Å². The van der Waals surface area contributed by atoms with Gasteiger partial charge < -0.3 is 31.6 Å². The van der Waals surface area contributed by atoms with Crippen LogP contribution in [0.25, 0.3) is 0 Å². The fourth-order valence-electron chi connectivity index (χ4n) is 4.79. The Morgan fingerprint density at radius 3 is 1.05 bits per heavy atom. The Morgan fingerprint density at radius 2 is 0.775 bits per heavy atom. The van der Waals surface area contributed by atoms with Gasteiger partial charge in [0.15, 0.2) is 12.2 Å². The first-order chi connectivity index (χ1) is 19.6. The Balaban J connectivity index is 4.61. The lowest BCUT2D eigenvalue weighted by Gasteiger charge is -2.26. The van der Waals surface area contributed by atoms with Crippen LogP contribution in [0.1, 0.15) is 142 Å². The SMILES string of the molecule is CCCCCCCCCCCCOC(C(=O)NCCN)C(OCCCCCCCCCCCC)C(=O)NCCN. The van der Waals surface area contributed by atoms with Crippen LogP contribution >= 0.6 is 0 Å². The highest BCUT2D eigenvalue weighted by molar-refractivity contribution is 5.91. The summed E-state index contributed by atoms with van der Waals surface area (Å²) < 4.78 is 12.0. The maximum atomic E-state index is 13.0. The predicted octanol–water partition coefficient (Wildman–Crippen LogP) is 5.75. The fraction of sp³-hybridized carbons (Fsp3) is 0.938. The van der Waals surface area contributed by atoms with Gasteiger partial charge in [0, 0.05) is 39.4 Å². The van der Waals surface area contributed by atoms with Gasteiger partial charge in [-0.15, -0.1) is 0 Å². The third-order valence-electron chi connectivity index (χ3n) is 7.27. The number of rotatable bonds is 31. The molecule has 8 nitrogen and oxygen atoms in total. The first-order valence-corrected chi connectivity index (χ1v) is 16.8. The number of carbonyl (C=O) groups is 2. The predicted molar refractivity (Wildman–Crippen MR) is 167 cm³/mol. The minimum Gasteiger partial charge on any atom is -0.365 e. The van der Waals surface area contributed by atoms with E-state index in [2.05, 4.69) is 24.5 Å². The lowest BCUT2D eigenvalue weighted by Crippen LogP contribution is -2.53. The summed E-state index contributed by atoms with van der Waals surface area (Å²) in [5.41, 5.74) is 11.2. The lowest BCUT2D eigenvalue weighted by molar-refractivity contribution is -0.157. The summed E-state index contributed by atoms with van der Waals surface area (Å²) in [6.07, 6.45) is 22.4. The molecule has 0 radical (unpaired) electrons. The van der Waals surface area contributed by atoms with Gasteiger partial charge in [-0.2, -0.15) is 0 Å². The quantitative estimate of drug-likeness (QED) is 0.0786. The molecule has 0 saturated heterocycles. The average Bonchev–Trinajstić information content (AvgIpc) is 2.96. The van der Waals surface area contributed by atoms with Gasteiger partial charge in [0.05, 0.1) is 0 Å².